The number of hydrogen-bond acceptors (Lipinski definition) is 3. The molecule has 142 valence electrons. The Balaban J connectivity index is 1.99. The van der Waals surface area contributed by atoms with Crippen LogP contribution in [0.25, 0.3) is 10.2 Å². The van der Waals surface area contributed by atoms with Crippen molar-refractivity contribution in [2.45, 2.75) is 13.8 Å². The molecule has 2 aromatic carbocycles. The smallest absolute Gasteiger partial charge is 0.266 e. The molecule has 0 aliphatic carbocycles. The van der Waals surface area contributed by atoms with E-state index in [0.717, 1.165) is 35.4 Å². The number of nitrogens with zero attached hydrogens (tertiary/aromatic N) is 2. The Labute approximate surface area is 161 Å². The van der Waals surface area contributed by atoms with Crippen LogP contribution < -0.4 is 9.80 Å². The van der Waals surface area contributed by atoms with Crippen LogP contribution in [0.5, 0.6) is 0 Å². The van der Waals surface area contributed by atoms with Gasteiger partial charge in [-0.15, -0.1) is 0 Å². The lowest BCUT2D eigenvalue weighted by Crippen LogP contribution is -3.12. The van der Waals surface area contributed by atoms with Crippen molar-refractivity contribution < 1.29 is 18.5 Å². The van der Waals surface area contributed by atoms with E-state index in [0.29, 0.717) is 18.2 Å². The summed E-state index contributed by atoms with van der Waals surface area (Å²) in [4.78, 5) is 20.3. The van der Waals surface area contributed by atoms with E-state index >= 15 is 0 Å². The maximum absolute atomic E-state index is 14.2. The summed E-state index contributed by atoms with van der Waals surface area (Å²) in [6.07, 6.45) is 0. The fourth-order valence-corrected chi connectivity index (χ4v) is 3.96. The molecule has 1 aromatic heterocycles. The number of para-hydroxylation sites is 1. The summed E-state index contributed by atoms with van der Waals surface area (Å²) in [5.74, 6) is -2.42. The number of aromatic nitrogens is 1. The van der Waals surface area contributed by atoms with E-state index in [9.17, 15) is 13.6 Å². The van der Waals surface area contributed by atoms with E-state index in [-0.39, 0.29) is 0 Å². The number of halogens is 2. The first-order valence-electron chi connectivity index (χ1n) is 9.00. The molecule has 3 rings (SSSR count). The van der Waals surface area contributed by atoms with Gasteiger partial charge in [0.05, 0.1) is 36.4 Å². The van der Waals surface area contributed by atoms with Crippen LogP contribution in [-0.2, 0) is 0 Å². The van der Waals surface area contributed by atoms with Crippen molar-refractivity contribution >= 4 is 32.6 Å². The number of benzene rings is 2. The summed E-state index contributed by atoms with van der Waals surface area (Å²) in [6, 6.07) is 11.0. The quantitative estimate of drug-likeness (QED) is 0.673. The van der Waals surface area contributed by atoms with Gasteiger partial charge in [-0.25, -0.2) is 13.8 Å². The van der Waals surface area contributed by atoms with E-state index < -0.39 is 23.1 Å². The summed E-state index contributed by atoms with van der Waals surface area (Å²) in [5, 5.41) is 0.454. The molecule has 0 fully saturated rings. The molecule has 3 aromatic rings. The van der Waals surface area contributed by atoms with Crippen molar-refractivity contribution in [2.75, 3.05) is 31.1 Å². The average molecular weight is 390 g/mol. The second-order valence-corrected chi connectivity index (χ2v) is 7.23. The lowest BCUT2D eigenvalue weighted by atomic mass is 10.1. The minimum atomic E-state index is -0.860. The van der Waals surface area contributed by atoms with Crippen LogP contribution in [-0.4, -0.2) is 37.1 Å². The highest BCUT2D eigenvalue weighted by Gasteiger charge is 2.27. The van der Waals surface area contributed by atoms with Gasteiger partial charge < -0.3 is 4.90 Å². The van der Waals surface area contributed by atoms with Crippen LogP contribution in [0.3, 0.4) is 0 Å². The van der Waals surface area contributed by atoms with Crippen LogP contribution in [0, 0.1) is 11.6 Å². The van der Waals surface area contributed by atoms with Crippen LogP contribution in [0.15, 0.2) is 42.5 Å². The Hall–Kier alpha value is -2.38. The SMILES string of the molecule is CC[NH+](CC)CCN(C(=O)c1c(F)cccc1F)c1nc2ccccc2s1. The molecule has 0 spiro atoms. The summed E-state index contributed by atoms with van der Waals surface area (Å²) >= 11 is 1.35. The molecule has 0 saturated carbocycles. The van der Waals surface area contributed by atoms with Crippen LogP contribution >= 0.6 is 11.3 Å². The van der Waals surface area contributed by atoms with Crippen molar-refractivity contribution in [3.8, 4) is 0 Å². The van der Waals surface area contributed by atoms with E-state index in [1.54, 1.807) is 0 Å². The lowest BCUT2D eigenvalue weighted by molar-refractivity contribution is -0.894. The summed E-state index contributed by atoms with van der Waals surface area (Å²) in [7, 11) is 0. The van der Waals surface area contributed by atoms with E-state index in [1.807, 2.05) is 24.3 Å². The Morgan fingerprint density at radius 1 is 1.07 bits per heavy atom. The van der Waals surface area contributed by atoms with Crippen molar-refractivity contribution in [2.24, 2.45) is 0 Å². The molecule has 0 atom stereocenters. The zero-order chi connectivity index (χ0) is 19.4. The van der Waals surface area contributed by atoms with Gasteiger partial charge in [0, 0.05) is 0 Å². The maximum Gasteiger partial charge on any atom is 0.266 e. The van der Waals surface area contributed by atoms with Crippen molar-refractivity contribution in [3.05, 3.63) is 59.7 Å². The van der Waals surface area contributed by atoms with Crippen molar-refractivity contribution in [1.29, 1.82) is 0 Å². The fourth-order valence-electron chi connectivity index (χ4n) is 2.97. The van der Waals surface area contributed by atoms with Gasteiger partial charge in [-0.1, -0.05) is 29.5 Å². The number of anilines is 1. The molecule has 4 nitrogen and oxygen atoms in total. The van der Waals surface area contributed by atoms with Gasteiger partial charge in [0.2, 0.25) is 0 Å². The zero-order valence-corrected chi connectivity index (χ0v) is 16.2. The number of quaternary nitrogens is 1. The minimum absolute atomic E-state index is 0.337. The molecule has 0 saturated heterocycles. The Kier molecular flexibility index (Phi) is 6.13. The highest BCUT2D eigenvalue weighted by molar-refractivity contribution is 7.22. The predicted molar refractivity (Wildman–Crippen MR) is 105 cm³/mol. The molecule has 0 unspecified atom stereocenters. The molecule has 1 amide bonds. The third kappa shape index (κ3) is 4.14. The van der Waals surface area contributed by atoms with Crippen LogP contribution in [0.4, 0.5) is 13.9 Å². The Morgan fingerprint density at radius 2 is 1.74 bits per heavy atom. The predicted octanol–water partition coefficient (Wildman–Crippen LogP) is 3.15. The maximum atomic E-state index is 14.2. The molecule has 0 aliphatic heterocycles. The molecule has 0 aliphatic rings. The van der Waals surface area contributed by atoms with Crippen LogP contribution in [0.1, 0.15) is 24.2 Å². The summed E-state index contributed by atoms with van der Waals surface area (Å²) in [5.41, 5.74) is 0.228. The number of amides is 1. The van der Waals surface area contributed by atoms with E-state index in [1.165, 1.54) is 27.2 Å². The first kappa shape index (κ1) is 19.4. The van der Waals surface area contributed by atoms with Crippen LogP contribution in [0.2, 0.25) is 0 Å². The monoisotopic (exact) mass is 390 g/mol. The summed E-state index contributed by atoms with van der Waals surface area (Å²) in [6.45, 7) is 6.96. The lowest BCUT2D eigenvalue weighted by Gasteiger charge is -2.23. The third-order valence-corrected chi connectivity index (χ3v) is 5.68. The van der Waals surface area contributed by atoms with Crippen molar-refractivity contribution in [3.63, 3.8) is 0 Å². The molecule has 0 radical (unpaired) electrons. The number of likely N-dealkylation sites (N-methyl/N-ethyl adjacent to an activating group) is 1. The molecule has 1 N–H and O–H groups in total. The first-order valence-corrected chi connectivity index (χ1v) is 9.81. The Morgan fingerprint density at radius 3 is 2.37 bits per heavy atom. The summed E-state index contributed by atoms with van der Waals surface area (Å²) < 4.78 is 29.3. The van der Waals surface area contributed by atoms with E-state index in [4.69, 9.17) is 0 Å². The van der Waals surface area contributed by atoms with E-state index in [2.05, 4.69) is 18.8 Å². The number of hydrogen-bond donors (Lipinski definition) is 1. The topological polar surface area (TPSA) is 37.6 Å². The van der Waals surface area contributed by atoms with Gasteiger partial charge in [0.15, 0.2) is 5.13 Å². The number of nitrogens with one attached hydrogen (secondary N) is 1. The third-order valence-electron chi connectivity index (χ3n) is 4.62. The molecular weight excluding hydrogens is 368 g/mol. The molecule has 0 bridgehead atoms. The van der Waals surface area contributed by atoms with Gasteiger partial charge >= 0.3 is 0 Å². The number of thiazole rings is 1. The van der Waals surface area contributed by atoms with Gasteiger partial charge in [0.1, 0.15) is 17.2 Å². The number of rotatable bonds is 7. The molecule has 27 heavy (non-hydrogen) atoms. The van der Waals surface area contributed by atoms with Gasteiger partial charge in [-0.2, -0.15) is 0 Å². The fraction of sp³-hybridized carbons (Fsp3) is 0.300. The molecule has 7 heteroatoms. The molecule has 1 heterocycles. The number of carbonyl (C=O) groups excluding carboxylic acids is 1. The second-order valence-electron chi connectivity index (χ2n) is 6.22. The first-order chi connectivity index (χ1) is 13.0. The Bertz CT molecular complexity index is 887. The second kappa shape index (κ2) is 8.54. The molecular formula is C20H22F2N3OS+. The zero-order valence-electron chi connectivity index (χ0n) is 15.3. The number of fused-ring (bicyclic) bond motifs is 1. The highest BCUT2D eigenvalue weighted by atomic mass is 32.1. The normalized spacial score (nSPS) is 11.3. The van der Waals surface area contributed by atoms with Crippen molar-refractivity contribution in [1.82, 2.24) is 4.98 Å². The van der Waals surface area contributed by atoms with Gasteiger partial charge in [0.25, 0.3) is 5.91 Å². The van der Waals surface area contributed by atoms with Gasteiger partial charge in [-0.05, 0) is 38.1 Å². The highest BCUT2D eigenvalue weighted by Crippen LogP contribution is 2.30. The average Bonchev–Trinajstić information content (AvgIpc) is 3.08. The van der Waals surface area contributed by atoms with Gasteiger partial charge in [-0.3, -0.25) is 9.69 Å². The number of carbonyl (C=O) groups is 1. The largest absolute Gasteiger partial charge is 0.334 e. The standard InChI is InChI=1S/C20H21F2N3OS/c1-3-24(4-2)12-13-25(19(26)18-14(21)8-7-9-15(18)22)20-23-16-10-5-6-11-17(16)27-20/h5-11H,3-4,12-13H2,1-2H3/p+1. The minimum Gasteiger partial charge on any atom is -0.334 e.